The van der Waals surface area contributed by atoms with Crippen LogP contribution in [0.5, 0.6) is 0 Å². The zero-order valence-electron chi connectivity index (χ0n) is 12.4. The van der Waals surface area contributed by atoms with Gasteiger partial charge in [-0.2, -0.15) is 13.2 Å². The fraction of sp³-hybridized carbons (Fsp3) is 0.600. The van der Waals surface area contributed by atoms with Gasteiger partial charge >= 0.3 is 6.18 Å². The molecule has 0 amide bonds. The van der Waals surface area contributed by atoms with Gasteiger partial charge in [0.15, 0.2) is 0 Å². The second-order valence-electron chi connectivity index (χ2n) is 5.32. The highest BCUT2D eigenvalue weighted by atomic mass is 35.5. The van der Waals surface area contributed by atoms with Gasteiger partial charge in [-0.1, -0.05) is 13.3 Å². The number of benzene rings is 1. The zero-order valence-corrected chi connectivity index (χ0v) is 13.2. The molecule has 1 saturated heterocycles. The van der Waals surface area contributed by atoms with Crippen LogP contribution >= 0.6 is 12.4 Å². The van der Waals surface area contributed by atoms with Crippen molar-refractivity contribution in [2.75, 3.05) is 26.2 Å². The van der Waals surface area contributed by atoms with Crippen LogP contribution in [0.1, 0.15) is 36.9 Å². The van der Waals surface area contributed by atoms with Crippen molar-refractivity contribution in [2.24, 2.45) is 0 Å². The van der Waals surface area contributed by atoms with Gasteiger partial charge in [-0.25, -0.2) is 4.39 Å². The summed E-state index contributed by atoms with van der Waals surface area (Å²) in [5.41, 5.74) is -0.660. The van der Waals surface area contributed by atoms with Crippen LogP contribution in [0.2, 0.25) is 0 Å². The third kappa shape index (κ3) is 4.57. The molecule has 1 aromatic rings. The van der Waals surface area contributed by atoms with Crippen LogP contribution in [-0.4, -0.2) is 31.1 Å². The summed E-state index contributed by atoms with van der Waals surface area (Å²) in [5.74, 6) is -0.616. The van der Waals surface area contributed by atoms with E-state index in [0.717, 1.165) is 37.7 Å². The van der Waals surface area contributed by atoms with Gasteiger partial charge in [0.1, 0.15) is 5.82 Å². The largest absolute Gasteiger partial charge is 0.416 e. The van der Waals surface area contributed by atoms with Gasteiger partial charge in [0, 0.05) is 32.2 Å². The normalized spacial score (nSPS) is 17.9. The van der Waals surface area contributed by atoms with E-state index in [0.29, 0.717) is 19.5 Å². The van der Waals surface area contributed by atoms with Crippen LogP contribution in [0.3, 0.4) is 0 Å². The zero-order chi connectivity index (χ0) is 15.5. The van der Waals surface area contributed by atoms with Crippen LogP contribution < -0.4 is 5.32 Å². The number of nitrogens with one attached hydrogen (secondary N) is 1. The van der Waals surface area contributed by atoms with Crippen molar-refractivity contribution < 1.29 is 17.6 Å². The van der Waals surface area contributed by atoms with Crippen LogP contribution in [0.15, 0.2) is 18.2 Å². The minimum atomic E-state index is -4.46. The number of piperazine rings is 1. The van der Waals surface area contributed by atoms with E-state index >= 15 is 0 Å². The Kier molecular flexibility index (Phi) is 7.09. The van der Waals surface area contributed by atoms with E-state index in [4.69, 9.17) is 0 Å². The first-order chi connectivity index (χ1) is 9.93. The highest BCUT2D eigenvalue weighted by Crippen LogP contribution is 2.38. The minimum Gasteiger partial charge on any atom is -0.314 e. The van der Waals surface area contributed by atoms with E-state index in [9.17, 15) is 17.6 Å². The number of rotatable bonds is 4. The van der Waals surface area contributed by atoms with Crippen molar-refractivity contribution in [2.45, 2.75) is 32.0 Å². The second-order valence-corrected chi connectivity index (χ2v) is 5.32. The molecule has 0 bridgehead atoms. The lowest BCUT2D eigenvalue weighted by Crippen LogP contribution is -2.45. The monoisotopic (exact) mass is 340 g/mol. The standard InChI is InChI=1S/C15H20F4N2.ClH/c1-2-3-14(21-8-6-20-7-9-21)12-10-11(16)4-5-13(12)15(17,18)19;/h4-5,10,14,20H,2-3,6-9H2,1H3;1H/t14-;/m1./s1. The van der Waals surface area contributed by atoms with E-state index in [2.05, 4.69) is 5.32 Å². The van der Waals surface area contributed by atoms with Crippen LogP contribution in [0, 0.1) is 5.82 Å². The van der Waals surface area contributed by atoms with Gasteiger partial charge in [0.25, 0.3) is 0 Å². The predicted molar refractivity (Wildman–Crippen MR) is 80.7 cm³/mol. The maximum absolute atomic E-state index is 13.5. The Morgan fingerprint density at radius 2 is 1.86 bits per heavy atom. The number of hydrogen-bond donors (Lipinski definition) is 1. The summed E-state index contributed by atoms with van der Waals surface area (Å²) in [4.78, 5) is 2.02. The van der Waals surface area contributed by atoms with E-state index in [1.54, 1.807) is 0 Å². The molecule has 0 radical (unpaired) electrons. The highest BCUT2D eigenvalue weighted by molar-refractivity contribution is 5.85. The Morgan fingerprint density at radius 3 is 2.41 bits per heavy atom. The van der Waals surface area contributed by atoms with Crippen molar-refractivity contribution >= 4 is 12.4 Å². The summed E-state index contributed by atoms with van der Waals surface area (Å²) >= 11 is 0. The average Bonchev–Trinajstić information content (AvgIpc) is 2.44. The van der Waals surface area contributed by atoms with E-state index in [1.807, 2.05) is 11.8 Å². The van der Waals surface area contributed by atoms with Gasteiger partial charge in [-0.05, 0) is 30.2 Å². The van der Waals surface area contributed by atoms with Crippen LogP contribution in [0.25, 0.3) is 0 Å². The van der Waals surface area contributed by atoms with E-state index < -0.39 is 17.6 Å². The molecule has 1 aliphatic heterocycles. The molecule has 1 atom stereocenters. The van der Waals surface area contributed by atoms with Crippen molar-refractivity contribution in [1.82, 2.24) is 10.2 Å². The van der Waals surface area contributed by atoms with Gasteiger partial charge < -0.3 is 5.32 Å². The molecule has 1 fully saturated rings. The Morgan fingerprint density at radius 1 is 1.23 bits per heavy atom. The molecule has 1 heterocycles. The summed E-state index contributed by atoms with van der Waals surface area (Å²) < 4.78 is 53.1. The molecule has 126 valence electrons. The van der Waals surface area contributed by atoms with Crippen molar-refractivity contribution in [1.29, 1.82) is 0 Å². The summed E-state index contributed by atoms with van der Waals surface area (Å²) in [6.45, 7) is 4.78. The molecule has 2 nitrogen and oxygen atoms in total. The molecule has 0 aliphatic carbocycles. The van der Waals surface area contributed by atoms with Crippen molar-refractivity contribution in [3.05, 3.63) is 35.1 Å². The van der Waals surface area contributed by atoms with Crippen molar-refractivity contribution in [3.63, 3.8) is 0 Å². The summed E-state index contributed by atoms with van der Waals surface area (Å²) in [7, 11) is 0. The van der Waals surface area contributed by atoms with E-state index in [1.165, 1.54) is 0 Å². The lowest BCUT2D eigenvalue weighted by molar-refractivity contribution is -0.138. The first-order valence-electron chi connectivity index (χ1n) is 7.25. The molecular weight excluding hydrogens is 320 g/mol. The molecular formula is C15H21ClF4N2. The van der Waals surface area contributed by atoms with Gasteiger partial charge in [-0.15, -0.1) is 12.4 Å². The molecule has 22 heavy (non-hydrogen) atoms. The first-order valence-corrected chi connectivity index (χ1v) is 7.25. The Labute approximate surface area is 134 Å². The minimum absolute atomic E-state index is 0. The molecule has 2 rings (SSSR count). The molecule has 0 spiro atoms. The Bertz CT molecular complexity index is 473. The van der Waals surface area contributed by atoms with Crippen LogP contribution in [0.4, 0.5) is 17.6 Å². The Balaban J connectivity index is 0.00000242. The molecule has 0 aromatic heterocycles. The number of nitrogens with zero attached hydrogens (tertiary/aromatic N) is 1. The third-order valence-corrected chi connectivity index (χ3v) is 3.83. The Hall–Kier alpha value is -0.850. The van der Waals surface area contributed by atoms with Crippen molar-refractivity contribution in [3.8, 4) is 0 Å². The quantitative estimate of drug-likeness (QED) is 0.833. The third-order valence-electron chi connectivity index (χ3n) is 3.83. The fourth-order valence-corrected chi connectivity index (χ4v) is 2.87. The lowest BCUT2D eigenvalue weighted by Gasteiger charge is -2.36. The molecule has 0 saturated carbocycles. The average molecular weight is 341 g/mol. The lowest BCUT2D eigenvalue weighted by atomic mass is 9.94. The highest BCUT2D eigenvalue weighted by Gasteiger charge is 2.36. The predicted octanol–water partition coefficient (Wildman–Crippen LogP) is 4.01. The first kappa shape index (κ1) is 19.2. The smallest absolute Gasteiger partial charge is 0.314 e. The molecule has 1 aromatic carbocycles. The summed E-state index contributed by atoms with van der Waals surface area (Å²) in [6.07, 6.45) is -3.11. The van der Waals surface area contributed by atoms with Crippen LogP contribution in [-0.2, 0) is 6.18 Å². The molecule has 7 heteroatoms. The number of alkyl halides is 3. The SMILES string of the molecule is CCC[C@H](c1cc(F)ccc1C(F)(F)F)N1CCNCC1.Cl. The maximum Gasteiger partial charge on any atom is 0.416 e. The topological polar surface area (TPSA) is 15.3 Å². The van der Waals surface area contributed by atoms with Gasteiger partial charge in [0.2, 0.25) is 0 Å². The van der Waals surface area contributed by atoms with Gasteiger partial charge in [-0.3, -0.25) is 4.90 Å². The molecule has 0 unspecified atom stereocenters. The second kappa shape index (κ2) is 8.13. The number of hydrogen-bond acceptors (Lipinski definition) is 2. The fourth-order valence-electron chi connectivity index (χ4n) is 2.87. The van der Waals surface area contributed by atoms with E-state index in [-0.39, 0.29) is 24.0 Å². The summed E-state index contributed by atoms with van der Waals surface area (Å²) in [5, 5.41) is 3.18. The van der Waals surface area contributed by atoms with Gasteiger partial charge in [0.05, 0.1) is 5.56 Å². The molecule has 1 aliphatic rings. The summed E-state index contributed by atoms with van der Waals surface area (Å²) in [6, 6.07) is 2.40. The maximum atomic E-state index is 13.5. The number of halogens is 5. The molecule has 1 N–H and O–H groups in total.